The van der Waals surface area contributed by atoms with Crippen molar-refractivity contribution in [2.75, 3.05) is 26.9 Å². The fraction of sp³-hybridized carbons (Fsp3) is 1.00. The Morgan fingerprint density at radius 1 is 1.60 bits per heavy atom. The average molecular weight is 147 g/mol. The maximum absolute atomic E-state index is 8.91. The Balaban J connectivity index is 3.69. The average Bonchev–Trinajstić information content (AvgIpc) is 1.89. The topological polar surface area (TPSA) is 41.5 Å². The van der Waals surface area contributed by atoms with E-state index in [-0.39, 0.29) is 12.1 Å². The minimum Gasteiger partial charge on any atom is -0.394 e. The molecule has 0 spiro atoms. The molecular formula is C7H17NO2. The smallest absolute Gasteiger partial charge is 0.0664 e. The molecule has 62 valence electrons. The van der Waals surface area contributed by atoms with Crippen LogP contribution < -0.4 is 5.32 Å². The molecule has 0 saturated heterocycles. The SMILES string of the molecule is CCNC(C)(CO)COC. The molecule has 0 aliphatic carbocycles. The zero-order valence-corrected chi connectivity index (χ0v) is 6.98. The zero-order valence-electron chi connectivity index (χ0n) is 6.98. The summed E-state index contributed by atoms with van der Waals surface area (Å²) in [5.74, 6) is 0. The van der Waals surface area contributed by atoms with Gasteiger partial charge in [-0.3, -0.25) is 0 Å². The largest absolute Gasteiger partial charge is 0.394 e. The number of hydrogen-bond acceptors (Lipinski definition) is 3. The van der Waals surface area contributed by atoms with Crippen molar-refractivity contribution in [1.29, 1.82) is 0 Å². The Morgan fingerprint density at radius 3 is 2.50 bits per heavy atom. The fourth-order valence-electron chi connectivity index (χ4n) is 0.898. The van der Waals surface area contributed by atoms with E-state index < -0.39 is 0 Å². The Bertz CT molecular complexity index is 79.7. The second-order valence-corrected chi connectivity index (χ2v) is 2.68. The van der Waals surface area contributed by atoms with Crippen molar-refractivity contribution in [1.82, 2.24) is 5.32 Å². The standard InChI is InChI=1S/C7H17NO2/c1-4-8-7(2,5-9)6-10-3/h8-9H,4-6H2,1-3H3. The van der Waals surface area contributed by atoms with Gasteiger partial charge in [-0.2, -0.15) is 0 Å². The molecule has 3 nitrogen and oxygen atoms in total. The van der Waals surface area contributed by atoms with Crippen LogP contribution in [-0.4, -0.2) is 37.5 Å². The highest BCUT2D eigenvalue weighted by atomic mass is 16.5. The predicted octanol–water partition coefficient (Wildman–Crippen LogP) is -0.00670. The summed E-state index contributed by atoms with van der Waals surface area (Å²) < 4.78 is 4.93. The van der Waals surface area contributed by atoms with Gasteiger partial charge in [0.2, 0.25) is 0 Å². The van der Waals surface area contributed by atoms with E-state index in [1.165, 1.54) is 0 Å². The first-order chi connectivity index (χ1) is 4.68. The van der Waals surface area contributed by atoms with Crippen molar-refractivity contribution in [3.05, 3.63) is 0 Å². The highest BCUT2D eigenvalue weighted by Gasteiger charge is 2.20. The lowest BCUT2D eigenvalue weighted by Crippen LogP contribution is -2.49. The maximum atomic E-state index is 8.91. The quantitative estimate of drug-likeness (QED) is 0.575. The molecule has 0 amide bonds. The molecule has 2 N–H and O–H groups in total. The van der Waals surface area contributed by atoms with E-state index in [4.69, 9.17) is 9.84 Å². The molecule has 0 aliphatic rings. The molecule has 1 unspecified atom stereocenters. The zero-order chi connectivity index (χ0) is 8.04. The van der Waals surface area contributed by atoms with Crippen molar-refractivity contribution >= 4 is 0 Å². The number of methoxy groups -OCH3 is 1. The number of ether oxygens (including phenoxy) is 1. The van der Waals surface area contributed by atoms with Crippen molar-refractivity contribution < 1.29 is 9.84 Å². The Hall–Kier alpha value is -0.120. The van der Waals surface area contributed by atoms with Gasteiger partial charge in [-0.25, -0.2) is 0 Å². The number of aliphatic hydroxyl groups excluding tert-OH is 1. The molecule has 0 aliphatic heterocycles. The molecule has 1 atom stereocenters. The summed E-state index contributed by atoms with van der Waals surface area (Å²) in [6.07, 6.45) is 0. The van der Waals surface area contributed by atoms with Gasteiger partial charge in [0.1, 0.15) is 0 Å². The van der Waals surface area contributed by atoms with Crippen molar-refractivity contribution in [3.63, 3.8) is 0 Å². The van der Waals surface area contributed by atoms with Gasteiger partial charge in [0.05, 0.1) is 18.8 Å². The predicted molar refractivity (Wildman–Crippen MR) is 41.0 cm³/mol. The third-order valence-corrected chi connectivity index (χ3v) is 1.42. The van der Waals surface area contributed by atoms with Gasteiger partial charge in [-0.05, 0) is 13.5 Å². The van der Waals surface area contributed by atoms with E-state index in [0.717, 1.165) is 6.54 Å². The summed E-state index contributed by atoms with van der Waals surface area (Å²) in [4.78, 5) is 0. The van der Waals surface area contributed by atoms with Gasteiger partial charge in [0.25, 0.3) is 0 Å². The number of rotatable bonds is 5. The molecule has 0 heterocycles. The van der Waals surface area contributed by atoms with E-state index in [1.807, 2.05) is 13.8 Å². The lowest BCUT2D eigenvalue weighted by atomic mass is 10.1. The minimum atomic E-state index is -0.274. The molecule has 3 heteroatoms. The molecular weight excluding hydrogens is 130 g/mol. The van der Waals surface area contributed by atoms with Crippen molar-refractivity contribution in [2.24, 2.45) is 0 Å². The normalized spacial score (nSPS) is 16.8. The first kappa shape index (κ1) is 9.88. The lowest BCUT2D eigenvalue weighted by molar-refractivity contribution is 0.0746. The third-order valence-electron chi connectivity index (χ3n) is 1.42. The van der Waals surface area contributed by atoms with Gasteiger partial charge < -0.3 is 15.2 Å². The van der Waals surface area contributed by atoms with Crippen LogP contribution in [0.3, 0.4) is 0 Å². The monoisotopic (exact) mass is 147 g/mol. The van der Waals surface area contributed by atoms with Crippen LogP contribution in [0.4, 0.5) is 0 Å². The summed E-state index contributed by atoms with van der Waals surface area (Å²) in [5, 5.41) is 12.0. The second kappa shape index (κ2) is 4.66. The van der Waals surface area contributed by atoms with Gasteiger partial charge in [0.15, 0.2) is 0 Å². The van der Waals surface area contributed by atoms with E-state index in [2.05, 4.69) is 5.32 Å². The van der Waals surface area contributed by atoms with Crippen LogP contribution in [0, 0.1) is 0 Å². The van der Waals surface area contributed by atoms with Crippen LogP contribution in [0.15, 0.2) is 0 Å². The summed E-state index contributed by atoms with van der Waals surface area (Å²) in [7, 11) is 1.63. The Morgan fingerprint density at radius 2 is 2.20 bits per heavy atom. The van der Waals surface area contributed by atoms with Crippen molar-refractivity contribution in [2.45, 2.75) is 19.4 Å². The minimum absolute atomic E-state index is 0.106. The van der Waals surface area contributed by atoms with Gasteiger partial charge in [-0.1, -0.05) is 6.92 Å². The Kier molecular flexibility index (Phi) is 4.60. The molecule has 0 rings (SSSR count). The van der Waals surface area contributed by atoms with Gasteiger partial charge >= 0.3 is 0 Å². The van der Waals surface area contributed by atoms with E-state index >= 15 is 0 Å². The molecule has 10 heavy (non-hydrogen) atoms. The molecule has 0 aromatic rings. The summed E-state index contributed by atoms with van der Waals surface area (Å²) in [6.45, 7) is 5.43. The number of likely N-dealkylation sites (N-methyl/N-ethyl adjacent to an activating group) is 1. The third kappa shape index (κ3) is 3.15. The fourth-order valence-corrected chi connectivity index (χ4v) is 0.898. The highest BCUT2D eigenvalue weighted by molar-refractivity contribution is 4.80. The number of hydrogen-bond donors (Lipinski definition) is 2. The van der Waals surface area contributed by atoms with E-state index in [0.29, 0.717) is 6.61 Å². The van der Waals surface area contributed by atoms with Crippen LogP contribution in [0.5, 0.6) is 0 Å². The van der Waals surface area contributed by atoms with E-state index in [1.54, 1.807) is 7.11 Å². The summed E-state index contributed by atoms with van der Waals surface area (Å²) in [5.41, 5.74) is -0.274. The van der Waals surface area contributed by atoms with Gasteiger partial charge in [0, 0.05) is 7.11 Å². The molecule has 0 bridgehead atoms. The molecule has 0 radical (unpaired) electrons. The Labute approximate surface area is 62.4 Å². The molecule has 0 aromatic carbocycles. The molecule has 0 fully saturated rings. The first-order valence-corrected chi connectivity index (χ1v) is 3.53. The van der Waals surface area contributed by atoms with E-state index in [9.17, 15) is 0 Å². The van der Waals surface area contributed by atoms with Gasteiger partial charge in [-0.15, -0.1) is 0 Å². The number of nitrogens with one attached hydrogen (secondary N) is 1. The second-order valence-electron chi connectivity index (χ2n) is 2.68. The maximum Gasteiger partial charge on any atom is 0.0664 e. The van der Waals surface area contributed by atoms with Crippen LogP contribution >= 0.6 is 0 Å². The first-order valence-electron chi connectivity index (χ1n) is 3.53. The van der Waals surface area contributed by atoms with Crippen LogP contribution in [0.1, 0.15) is 13.8 Å². The highest BCUT2D eigenvalue weighted by Crippen LogP contribution is 2.01. The lowest BCUT2D eigenvalue weighted by Gasteiger charge is -2.26. The van der Waals surface area contributed by atoms with Crippen molar-refractivity contribution in [3.8, 4) is 0 Å². The van der Waals surface area contributed by atoms with Crippen LogP contribution in [0.2, 0.25) is 0 Å². The molecule has 0 saturated carbocycles. The summed E-state index contributed by atoms with van der Waals surface area (Å²) in [6, 6.07) is 0. The molecule has 0 aromatic heterocycles. The number of aliphatic hydroxyl groups is 1. The van der Waals surface area contributed by atoms with Crippen LogP contribution in [-0.2, 0) is 4.74 Å². The van der Waals surface area contributed by atoms with Crippen LogP contribution in [0.25, 0.3) is 0 Å². The summed E-state index contributed by atoms with van der Waals surface area (Å²) >= 11 is 0.